The smallest absolute Gasteiger partial charge is 0.434 e. The lowest BCUT2D eigenvalue weighted by Gasteiger charge is -2.28. The van der Waals surface area contributed by atoms with Crippen molar-refractivity contribution in [2.45, 2.75) is 38.8 Å². The molecule has 16 heavy (non-hydrogen) atoms. The molecule has 0 aromatic rings. The molecule has 1 rings (SSSR count). The number of carbonyl (C=O) groups excluding carboxylic acids is 1. The fourth-order valence-corrected chi connectivity index (χ4v) is 1.60. The third kappa shape index (κ3) is 3.10. The van der Waals surface area contributed by atoms with Crippen molar-refractivity contribution in [2.75, 3.05) is 0 Å². The summed E-state index contributed by atoms with van der Waals surface area (Å²) in [5.74, 6) is -0.0162. The average molecular weight is 225 g/mol. The minimum atomic E-state index is -0.715. The van der Waals surface area contributed by atoms with Crippen LogP contribution in [0, 0.1) is 5.92 Å². The van der Waals surface area contributed by atoms with E-state index < -0.39 is 11.7 Å². The van der Waals surface area contributed by atoms with Crippen LogP contribution in [0.4, 0.5) is 4.79 Å². The maximum absolute atomic E-state index is 11.6. The lowest BCUT2D eigenvalue weighted by atomic mass is 10.0. The summed E-state index contributed by atoms with van der Waals surface area (Å²) in [5.41, 5.74) is -0.603. The first-order valence-electron chi connectivity index (χ1n) is 5.35. The fraction of sp³-hybridized carbons (Fsp3) is 0.583. The van der Waals surface area contributed by atoms with E-state index in [9.17, 15) is 10.0 Å². The fourth-order valence-electron chi connectivity index (χ4n) is 1.60. The summed E-state index contributed by atoms with van der Waals surface area (Å²) in [4.78, 5) is 11.6. The van der Waals surface area contributed by atoms with Crippen LogP contribution in [-0.4, -0.2) is 28.0 Å². The Kier molecular flexibility index (Phi) is 3.75. The van der Waals surface area contributed by atoms with Gasteiger partial charge in [0.1, 0.15) is 5.60 Å². The van der Waals surface area contributed by atoms with Crippen molar-refractivity contribution in [3.05, 3.63) is 24.8 Å². The minimum absolute atomic E-state index is 0.0162. The predicted octanol–water partition coefficient (Wildman–Crippen LogP) is 2.74. The maximum Gasteiger partial charge on any atom is 0.434 e. The number of hydrogen-bond acceptors (Lipinski definition) is 3. The highest BCUT2D eigenvalue weighted by Gasteiger charge is 2.32. The van der Waals surface area contributed by atoms with E-state index in [2.05, 4.69) is 6.58 Å². The van der Waals surface area contributed by atoms with Crippen LogP contribution in [-0.2, 0) is 4.74 Å². The normalized spacial score (nSPS) is 24.2. The van der Waals surface area contributed by atoms with E-state index in [1.807, 2.05) is 12.2 Å². The number of nitrogens with zero attached hydrogens (tertiary/aromatic N) is 1. The summed E-state index contributed by atoms with van der Waals surface area (Å²) in [6, 6.07) is -0.299. The predicted molar refractivity (Wildman–Crippen MR) is 61.1 cm³/mol. The second kappa shape index (κ2) is 4.70. The van der Waals surface area contributed by atoms with Gasteiger partial charge in [-0.3, -0.25) is 5.21 Å². The number of hydrogen-bond donors (Lipinski definition) is 1. The first-order chi connectivity index (χ1) is 7.35. The van der Waals surface area contributed by atoms with Gasteiger partial charge in [0.05, 0.1) is 6.04 Å². The Balaban J connectivity index is 2.61. The number of hydroxylamine groups is 2. The molecule has 0 aliphatic heterocycles. The molecule has 0 spiro atoms. The molecular weight excluding hydrogens is 206 g/mol. The van der Waals surface area contributed by atoms with Gasteiger partial charge >= 0.3 is 6.09 Å². The van der Waals surface area contributed by atoms with E-state index >= 15 is 0 Å². The zero-order valence-corrected chi connectivity index (χ0v) is 10.0. The molecule has 0 radical (unpaired) electrons. The van der Waals surface area contributed by atoms with Crippen molar-refractivity contribution >= 4 is 6.09 Å². The van der Waals surface area contributed by atoms with E-state index in [1.165, 1.54) is 0 Å². The highest BCUT2D eigenvalue weighted by molar-refractivity contribution is 5.67. The van der Waals surface area contributed by atoms with Crippen LogP contribution in [0.3, 0.4) is 0 Å². The largest absolute Gasteiger partial charge is 0.442 e. The molecule has 1 aliphatic carbocycles. The van der Waals surface area contributed by atoms with Gasteiger partial charge in [0.2, 0.25) is 0 Å². The van der Waals surface area contributed by atoms with Gasteiger partial charge < -0.3 is 4.74 Å². The Hall–Kier alpha value is -1.29. The topological polar surface area (TPSA) is 49.8 Å². The molecule has 0 saturated heterocycles. The summed E-state index contributed by atoms with van der Waals surface area (Å²) >= 11 is 0. The summed E-state index contributed by atoms with van der Waals surface area (Å²) in [7, 11) is 0. The van der Waals surface area contributed by atoms with Crippen LogP contribution in [0.2, 0.25) is 0 Å². The standard InChI is InChI=1S/C12H19NO3/c1-5-9-7-6-8-10(9)13(15)11(14)16-12(2,3)4/h5-7,9-10,15H,1,8H2,2-4H3/t9-,10-/m1/s1. The quantitative estimate of drug-likeness (QED) is 0.446. The number of amides is 1. The van der Waals surface area contributed by atoms with Crippen molar-refractivity contribution in [1.29, 1.82) is 0 Å². The lowest BCUT2D eigenvalue weighted by Crippen LogP contribution is -2.42. The molecule has 1 amide bonds. The van der Waals surface area contributed by atoms with E-state index in [0.29, 0.717) is 11.5 Å². The van der Waals surface area contributed by atoms with Crippen LogP contribution >= 0.6 is 0 Å². The van der Waals surface area contributed by atoms with Gasteiger partial charge in [0, 0.05) is 5.92 Å². The highest BCUT2D eigenvalue weighted by Crippen LogP contribution is 2.24. The van der Waals surface area contributed by atoms with E-state index in [4.69, 9.17) is 4.74 Å². The average Bonchev–Trinajstić information content (AvgIpc) is 2.61. The summed E-state index contributed by atoms with van der Waals surface area (Å²) in [6.45, 7) is 8.95. The Morgan fingerprint density at radius 3 is 2.75 bits per heavy atom. The molecule has 90 valence electrons. The zero-order chi connectivity index (χ0) is 12.3. The minimum Gasteiger partial charge on any atom is -0.442 e. The first kappa shape index (κ1) is 12.8. The Labute approximate surface area is 96.2 Å². The SMILES string of the molecule is C=C[C@@H]1C=CC[C@H]1N(O)C(=O)OC(C)(C)C. The van der Waals surface area contributed by atoms with Crippen LogP contribution in [0.1, 0.15) is 27.2 Å². The third-order valence-electron chi connectivity index (χ3n) is 2.35. The third-order valence-corrected chi connectivity index (χ3v) is 2.35. The molecule has 2 atom stereocenters. The molecule has 0 aromatic carbocycles. The molecule has 0 fully saturated rings. The second-order valence-electron chi connectivity index (χ2n) is 4.87. The Morgan fingerprint density at radius 2 is 2.25 bits per heavy atom. The molecule has 0 unspecified atom stereocenters. The van der Waals surface area contributed by atoms with Crippen LogP contribution < -0.4 is 0 Å². The molecule has 4 heteroatoms. The van der Waals surface area contributed by atoms with Crippen LogP contribution in [0.15, 0.2) is 24.8 Å². The van der Waals surface area contributed by atoms with Gasteiger partial charge in [-0.1, -0.05) is 18.2 Å². The van der Waals surface area contributed by atoms with Crippen LogP contribution in [0.25, 0.3) is 0 Å². The van der Waals surface area contributed by atoms with Crippen molar-refractivity contribution in [1.82, 2.24) is 5.06 Å². The zero-order valence-electron chi connectivity index (χ0n) is 10.0. The second-order valence-corrected chi connectivity index (χ2v) is 4.87. The summed E-state index contributed by atoms with van der Waals surface area (Å²) in [5, 5.41) is 10.4. The van der Waals surface area contributed by atoms with Crippen molar-refractivity contribution < 1.29 is 14.7 Å². The Morgan fingerprint density at radius 1 is 1.62 bits per heavy atom. The van der Waals surface area contributed by atoms with E-state index in [1.54, 1.807) is 26.8 Å². The molecule has 1 N–H and O–H groups in total. The van der Waals surface area contributed by atoms with E-state index in [0.717, 1.165) is 0 Å². The van der Waals surface area contributed by atoms with Crippen LogP contribution in [0.5, 0.6) is 0 Å². The number of rotatable bonds is 2. The Bertz CT molecular complexity index is 304. The van der Waals surface area contributed by atoms with Crippen molar-refractivity contribution in [3.63, 3.8) is 0 Å². The van der Waals surface area contributed by atoms with Gasteiger partial charge in [-0.2, -0.15) is 5.06 Å². The molecule has 0 saturated carbocycles. The maximum atomic E-state index is 11.6. The van der Waals surface area contributed by atoms with Gasteiger partial charge in [0.25, 0.3) is 0 Å². The molecule has 0 aromatic heterocycles. The molecule has 0 bridgehead atoms. The van der Waals surface area contributed by atoms with Gasteiger partial charge in [-0.05, 0) is 27.2 Å². The molecule has 0 heterocycles. The van der Waals surface area contributed by atoms with Crippen molar-refractivity contribution in [3.8, 4) is 0 Å². The summed E-state index contributed by atoms with van der Waals surface area (Å²) < 4.78 is 5.08. The van der Waals surface area contributed by atoms with Crippen molar-refractivity contribution in [2.24, 2.45) is 5.92 Å². The lowest BCUT2D eigenvalue weighted by molar-refractivity contribution is -0.122. The monoisotopic (exact) mass is 225 g/mol. The van der Waals surface area contributed by atoms with Gasteiger partial charge in [0.15, 0.2) is 0 Å². The summed E-state index contributed by atoms with van der Waals surface area (Å²) in [6.07, 6.45) is 5.46. The molecular formula is C12H19NO3. The number of carbonyl (C=O) groups is 1. The van der Waals surface area contributed by atoms with E-state index in [-0.39, 0.29) is 12.0 Å². The molecule has 1 aliphatic rings. The highest BCUT2D eigenvalue weighted by atomic mass is 16.6. The first-order valence-corrected chi connectivity index (χ1v) is 5.35. The van der Waals surface area contributed by atoms with Gasteiger partial charge in [-0.15, -0.1) is 6.58 Å². The number of ether oxygens (including phenoxy) is 1. The molecule has 4 nitrogen and oxygen atoms in total. The van der Waals surface area contributed by atoms with Gasteiger partial charge in [-0.25, -0.2) is 4.79 Å².